The molecule has 1 aliphatic rings. The van der Waals surface area contributed by atoms with Crippen LogP contribution in [-0.2, 0) is 9.47 Å². The summed E-state index contributed by atoms with van der Waals surface area (Å²) in [7, 11) is 0. The second kappa shape index (κ2) is 6.09. The summed E-state index contributed by atoms with van der Waals surface area (Å²) in [5.41, 5.74) is 0.232. The predicted molar refractivity (Wildman–Crippen MR) is 61.7 cm³/mol. The maximum Gasteiger partial charge on any atom is 0.164 e. The summed E-state index contributed by atoms with van der Waals surface area (Å²) in [5, 5.41) is 1.12. The van der Waals surface area contributed by atoms with Crippen LogP contribution in [0.4, 0.5) is 0 Å². The summed E-state index contributed by atoms with van der Waals surface area (Å²) in [6.07, 6.45) is 5.02. The number of unbranched alkanes of at least 4 members (excludes halogenated alkanes) is 3. The van der Waals surface area contributed by atoms with Gasteiger partial charge in [-0.2, -0.15) is 0 Å². The molecule has 0 amide bonds. The minimum absolute atomic E-state index is 0.0404. The summed E-state index contributed by atoms with van der Waals surface area (Å²) < 4.78 is 11.0. The highest BCUT2D eigenvalue weighted by Crippen LogP contribution is 2.34. The van der Waals surface area contributed by atoms with E-state index in [4.69, 9.17) is 9.47 Å². The van der Waals surface area contributed by atoms with E-state index in [1.165, 1.54) is 19.3 Å². The Labute approximate surface area is 95.5 Å². The van der Waals surface area contributed by atoms with E-state index >= 15 is 0 Å². The van der Waals surface area contributed by atoms with Crippen molar-refractivity contribution in [2.24, 2.45) is 5.41 Å². The lowest BCUT2D eigenvalue weighted by atomic mass is 9.89. The zero-order valence-corrected chi connectivity index (χ0v) is 10.8. The normalized spacial score (nSPS) is 24.6. The fraction of sp³-hybridized carbons (Fsp3) is 1.00. The van der Waals surface area contributed by atoms with Crippen LogP contribution in [0.1, 0.15) is 39.5 Å². The molecule has 0 aromatic rings. The molecule has 1 rings (SSSR count). The number of rotatable bonds is 7. The van der Waals surface area contributed by atoms with Crippen molar-refractivity contribution in [1.82, 2.24) is 0 Å². The highest BCUT2D eigenvalue weighted by Gasteiger charge is 2.40. The van der Waals surface area contributed by atoms with E-state index in [1.54, 1.807) is 0 Å². The van der Waals surface area contributed by atoms with Crippen molar-refractivity contribution in [3.05, 3.63) is 0 Å². The van der Waals surface area contributed by atoms with E-state index < -0.39 is 0 Å². The Balaban J connectivity index is 1.89. The predicted octanol–water partition coefficient (Wildman–Crippen LogP) is 3.34. The molecule has 0 bridgehead atoms. The molecule has 0 saturated carbocycles. The maximum atomic E-state index is 5.64. The average Bonchev–Trinajstić information content (AvgIpc) is 2.15. The van der Waals surface area contributed by atoms with Gasteiger partial charge in [0.15, 0.2) is 6.29 Å². The molecular formula is C11H21BrO2. The molecule has 1 unspecified atom stereocenters. The highest BCUT2D eigenvalue weighted by atomic mass is 79.9. The number of hydrogen-bond acceptors (Lipinski definition) is 2. The Bertz CT molecular complexity index is 159. The molecular weight excluding hydrogens is 244 g/mol. The molecule has 1 fully saturated rings. The molecule has 0 aromatic carbocycles. The highest BCUT2D eigenvalue weighted by molar-refractivity contribution is 9.09. The first-order chi connectivity index (χ1) is 6.67. The van der Waals surface area contributed by atoms with Gasteiger partial charge in [-0.05, 0) is 12.8 Å². The van der Waals surface area contributed by atoms with Crippen molar-refractivity contribution in [3.8, 4) is 0 Å². The molecule has 1 atom stereocenters. The average molecular weight is 265 g/mol. The van der Waals surface area contributed by atoms with Crippen LogP contribution >= 0.6 is 15.9 Å². The van der Waals surface area contributed by atoms with Crippen molar-refractivity contribution in [2.45, 2.75) is 45.8 Å². The number of ether oxygens (including phenoxy) is 2. The fourth-order valence-corrected chi connectivity index (χ4v) is 1.90. The van der Waals surface area contributed by atoms with Crippen LogP contribution in [0.3, 0.4) is 0 Å². The van der Waals surface area contributed by atoms with Gasteiger partial charge in [0.25, 0.3) is 0 Å². The molecule has 84 valence electrons. The molecule has 0 N–H and O–H groups in total. The molecule has 3 heteroatoms. The first kappa shape index (κ1) is 12.5. The molecule has 2 nitrogen and oxygen atoms in total. The maximum absolute atomic E-state index is 5.64. The summed E-state index contributed by atoms with van der Waals surface area (Å²) in [4.78, 5) is 0. The molecule has 0 aliphatic carbocycles. The zero-order valence-electron chi connectivity index (χ0n) is 9.22. The molecule has 0 radical (unpaired) electrons. The van der Waals surface area contributed by atoms with Crippen LogP contribution in [0.25, 0.3) is 0 Å². The number of alkyl halides is 1. The van der Waals surface area contributed by atoms with Crippen molar-refractivity contribution >= 4 is 15.9 Å². The Morgan fingerprint density at radius 3 is 2.50 bits per heavy atom. The lowest BCUT2D eigenvalue weighted by Gasteiger charge is -2.43. The van der Waals surface area contributed by atoms with E-state index in [0.29, 0.717) is 0 Å². The minimum atomic E-state index is 0.0404. The van der Waals surface area contributed by atoms with Gasteiger partial charge in [0.2, 0.25) is 0 Å². The van der Waals surface area contributed by atoms with Gasteiger partial charge < -0.3 is 9.47 Å². The van der Waals surface area contributed by atoms with Crippen LogP contribution in [0.5, 0.6) is 0 Å². The van der Waals surface area contributed by atoms with Gasteiger partial charge in [-0.25, -0.2) is 0 Å². The SMILES string of the molecule is CC1(C)COC1OCCCCCCBr. The summed E-state index contributed by atoms with van der Waals surface area (Å²) >= 11 is 3.43. The van der Waals surface area contributed by atoms with Crippen LogP contribution in [-0.4, -0.2) is 24.8 Å². The van der Waals surface area contributed by atoms with Crippen molar-refractivity contribution < 1.29 is 9.47 Å². The Morgan fingerprint density at radius 1 is 1.29 bits per heavy atom. The molecule has 0 aromatic heterocycles. The summed E-state index contributed by atoms with van der Waals surface area (Å²) in [6.45, 7) is 6.05. The smallest absolute Gasteiger partial charge is 0.164 e. The van der Waals surface area contributed by atoms with Gasteiger partial charge in [0.05, 0.1) is 6.61 Å². The second-order valence-electron chi connectivity index (χ2n) is 4.61. The minimum Gasteiger partial charge on any atom is -0.352 e. The summed E-state index contributed by atoms with van der Waals surface area (Å²) in [6, 6.07) is 0. The van der Waals surface area contributed by atoms with Crippen molar-refractivity contribution in [3.63, 3.8) is 0 Å². The quantitative estimate of drug-likeness (QED) is 0.519. The number of hydrogen-bond donors (Lipinski definition) is 0. The molecule has 0 spiro atoms. The van der Waals surface area contributed by atoms with E-state index in [2.05, 4.69) is 29.8 Å². The Morgan fingerprint density at radius 2 is 2.00 bits per heavy atom. The largest absolute Gasteiger partial charge is 0.352 e. The van der Waals surface area contributed by atoms with Gasteiger partial charge in [0.1, 0.15) is 0 Å². The standard InChI is InChI=1S/C11H21BrO2/c1-11(2)9-14-10(11)13-8-6-4-3-5-7-12/h10H,3-9H2,1-2H3. The van der Waals surface area contributed by atoms with Crippen LogP contribution in [0.2, 0.25) is 0 Å². The molecule has 14 heavy (non-hydrogen) atoms. The van der Waals surface area contributed by atoms with Gasteiger partial charge in [-0.15, -0.1) is 0 Å². The zero-order chi connectivity index (χ0) is 10.4. The van der Waals surface area contributed by atoms with Crippen molar-refractivity contribution in [1.29, 1.82) is 0 Å². The van der Waals surface area contributed by atoms with Crippen molar-refractivity contribution in [2.75, 3.05) is 18.5 Å². The van der Waals surface area contributed by atoms with Crippen LogP contribution in [0, 0.1) is 5.41 Å². The summed E-state index contributed by atoms with van der Waals surface area (Å²) in [5.74, 6) is 0. The Hall–Kier alpha value is 0.400. The molecule has 1 aliphatic heterocycles. The second-order valence-corrected chi connectivity index (χ2v) is 5.40. The lowest BCUT2D eigenvalue weighted by molar-refractivity contribution is -0.296. The van der Waals surface area contributed by atoms with Gasteiger partial charge in [-0.1, -0.05) is 42.6 Å². The topological polar surface area (TPSA) is 18.5 Å². The fourth-order valence-electron chi connectivity index (χ4n) is 1.50. The van der Waals surface area contributed by atoms with Gasteiger partial charge >= 0.3 is 0 Å². The van der Waals surface area contributed by atoms with Gasteiger partial charge in [-0.3, -0.25) is 0 Å². The Kier molecular flexibility index (Phi) is 5.42. The first-order valence-corrected chi connectivity index (χ1v) is 6.58. The molecule has 1 heterocycles. The van der Waals surface area contributed by atoms with E-state index in [0.717, 1.165) is 25.0 Å². The monoisotopic (exact) mass is 264 g/mol. The number of halogens is 1. The van der Waals surface area contributed by atoms with Gasteiger partial charge in [0, 0.05) is 17.4 Å². The van der Waals surface area contributed by atoms with Crippen LogP contribution in [0.15, 0.2) is 0 Å². The van der Waals surface area contributed by atoms with E-state index in [9.17, 15) is 0 Å². The first-order valence-electron chi connectivity index (χ1n) is 5.46. The molecule has 1 saturated heterocycles. The van der Waals surface area contributed by atoms with Crippen LogP contribution < -0.4 is 0 Å². The lowest BCUT2D eigenvalue weighted by Crippen LogP contribution is -2.49. The third-order valence-electron chi connectivity index (χ3n) is 2.54. The van der Waals surface area contributed by atoms with E-state index in [1.807, 2.05) is 0 Å². The van der Waals surface area contributed by atoms with E-state index in [-0.39, 0.29) is 11.7 Å². The third-order valence-corrected chi connectivity index (χ3v) is 3.10. The third kappa shape index (κ3) is 3.87.